The quantitative estimate of drug-likeness (QED) is 0.900. The topological polar surface area (TPSA) is 74.6 Å². The average Bonchev–Trinajstić information content (AvgIpc) is 2.41. The number of hydrogen-bond donors (Lipinski definition) is 2. The SMILES string of the molecule is Cc1ccc(Sc2ccccc2C(=O)O)c(C(=O)O)c1. The minimum absolute atomic E-state index is 0.161. The van der Waals surface area contributed by atoms with E-state index in [4.69, 9.17) is 5.11 Å². The monoisotopic (exact) mass is 288 g/mol. The van der Waals surface area contributed by atoms with Gasteiger partial charge in [0.1, 0.15) is 0 Å². The molecule has 0 saturated heterocycles. The molecule has 20 heavy (non-hydrogen) atoms. The van der Waals surface area contributed by atoms with Crippen LogP contribution >= 0.6 is 11.8 Å². The Balaban J connectivity index is 2.45. The second kappa shape index (κ2) is 5.79. The van der Waals surface area contributed by atoms with Crippen molar-refractivity contribution < 1.29 is 19.8 Å². The number of aromatic carboxylic acids is 2. The Bertz CT molecular complexity index is 679. The third kappa shape index (κ3) is 3.00. The summed E-state index contributed by atoms with van der Waals surface area (Å²) < 4.78 is 0. The van der Waals surface area contributed by atoms with Crippen molar-refractivity contribution in [3.05, 3.63) is 59.2 Å². The zero-order valence-electron chi connectivity index (χ0n) is 10.7. The number of carboxylic acid groups (broad SMARTS) is 2. The second-order valence-corrected chi connectivity index (χ2v) is 5.29. The molecule has 2 aromatic carbocycles. The molecule has 102 valence electrons. The van der Waals surface area contributed by atoms with E-state index in [2.05, 4.69) is 0 Å². The van der Waals surface area contributed by atoms with E-state index in [0.29, 0.717) is 9.79 Å². The van der Waals surface area contributed by atoms with Gasteiger partial charge in [-0.1, -0.05) is 35.5 Å². The Morgan fingerprint density at radius 2 is 1.50 bits per heavy atom. The highest BCUT2D eigenvalue weighted by atomic mass is 32.2. The summed E-state index contributed by atoms with van der Waals surface area (Å²) in [5.74, 6) is -2.05. The van der Waals surface area contributed by atoms with Crippen molar-refractivity contribution in [1.29, 1.82) is 0 Å². The van der Waals surface area contributed by atoms with Gasteiger partial charge in [0, 0.05) is 9.79 Å². The molecule has 2 N–H and O–H groups in total. The summed E-state index contributed by atoms with van der Waals surface area (Å²) in [6.45, 7) is 1.81. The Kier molecular flexibility index (Phi) is 4.10. The first-order valence-electron chi connectivity index (χ1n) is 5.83. The first-order valence-corrected chi connectivity index (χ1v) is 6.65. The van der Waals surface area contributed by atoms with Crippen molar-refractivity contribution in [3.63, 3.8) is 0 Å². The zero-order chi connectivity index (χ0) is 14.7. The van der Waals surface area contributed by atoms with E-state index in [1.54, 1.807) is 36.4 Å². The van der Waals surface area contributed by atoms with Gasteiger partial charge in [0.05, 0.1) is 11.1 Å². The number of carboxylic acids is 2. The largest absolute Gasteiger partial charge is 0.478 e. The third-order valence-corrected chi connectivity index (χ3v) is 3.85. The Morgan fingerprint density at radius 3 is 2.15 bits per heavy atom. The lowest BCUT2D eigenvalue weighted by Gasteiger charge is -2.09. The summed E-state index contributed by atoms with van der Waals surface area (Å²) in [5.41, 5.74) is 1.18. The van der Waals surface area contributed by atoms with Crippen molar-refractivity contribution in [2.24, 2.45) is 0 Å². The van der Waals surface area contributed by atoms with Crippen LogP contribution in [-0.2, 0) is 0 Å². The van der Waals surface area contributed by atoms with Crippen LogP contribution in [0.2, 0.25) is 0 Å². The van der Waals surface area contributed by atoms with E-state index >= 15 is 0 Å². The molecule has 0 atom stereocenters. The highest BCUT2D eigenvalue weighted by molar-refractivity contribution is 7.99. The van der Waals surface area contributed by atoms with E-state index in [0.717, 1.165) is 17.3 Å². The lowest BCUT2D eigenvalue weighted by molar-refractivity contribution is 0.0683. The van der Waals surface area contributed by atoms with E-state index in [1.807, 2.05) is 6.92 Å². The van der Waals surface area contributed by atoms with Gasteiger partial charge in [-0.2, -0.15) is 0 Å². The van der Waals surface area contributed by atoms with Crippen LogP contribution in [0, 0.1) is 6.92 Å². The lowest BCUT2D eigenvalue weighted by Crippen LogP contribution is -2.01. The van der Waals surface area contributed by atoms with Crippen LogP contribution in [0.5, 0.6) is 0 Å². The van der Waals surface area contributed by atoms with Gasteiger partial charge in [-0.25, -0.2) is 9.59 Å². The molecule has 0 radical (unpaired) electrons. The zero-order valence-corrected chi connectivity index (χ0v) is 11.5. The Hall–Kier alpha value is -2.27. The van der Waals surface area contributed by atoms with Gasteiger partial charge >= 0.3 is 11.9 Å². The summed E-state index contributed by atoms with van der Waals surface area (Å²) in [6, 6.07) is 11.6. The van der Waals surface area contributed by atoms with Gasteiger partial charge in [-0.05, 0) is 31.2 Å². The second-order valence-electron chi connectivity index (χ2n) is 4.21. The molecule has 0 bridgehead atoms. The van der Waals surface area contributed by atoms with E-state index in [-0.39, 0.29) is 11.1 Å². The summed E-state index contributed by atoms with van der Waals surface area (Å²) in [5, 5.41) is 18.4. The molecule has 2 rings (SSSR count). The summed E-state index contributed by atoms with van der Waals surface area (Å²) in [7, 11) is 0. The fourth-order valence-corrected chi connectivity index (χ4v) is 2.79. The minimum Gasteiger partial charge on any atom is -0.478 e. The van der Waals surface area contributed by atoms with Gasteiger partial charge in [-0.3, -0.25) is 0 Å². The van der Waals surface area contributed by atoms with Crippen molar-refractivity contribution in [3.8, 4) is 0 Å². The van der Waals surface area contributed by atoms with E-state index in [1.165, 1.54) is 6.07 Å². The molecule has 0 aromatic heterocycles. The Labute approximate surface area is 120 Å². The maximum atomic E-state index is 11.3. The molecular formula is C15H12O4S. The molecule has 2 aromatic rings. The number of aryl methyl sites for hydroxylation is 1. The van der Waals surface area contributed by atoms with Crippen LogP contribution in [0.1, 0.15) is 26.3 Å². The molecule has 0 aliphatic carbocycles. The average molecular weight is 288 g/mol. The van der Waals surface area contributed by atoms with Crippen molar-refractivity contribution in [1.82, 2.24) is 0 Å². The van der Waals surface area contributed by atoms with Crippen molar-refractivity contribution in [2.45, 2.75) is 16.7 Å². The molecule has 0 unspecified atom stereocenters. The predicted octanol–water partition coefficient (Wildman–Crippen LogP) is 3.54. The molecule has 0 amide bonds. The number of carbonyl (C=O) groups is 2. The molecule has 0 aliphatic rings. The van der Waals surface area contributed by atoms with Gasteiger partial charge in [0.25, 0.3) is 0 Å². The fraction of sp³-hybridized carbons (Fsp3) is 0.0667. The predicted molar refractivity (Wildman–Crippen MR) is 75.7 cm³/mol. The smallest absolute Gasteiger partial charge is 0.336 e. The first-order chi connectivity index (χ1) is 9.49. The standard InChI is InChI=1S/C15H12O4S/c1-9-6-7-13(11(8-9)15(18)19)20-12-5-3-2-4-10(12)14(16)17/h2-8H,1H3,(H,16,17)(H,18,19). The first kappa shape index (κ1) is 14.1. The molecule has 5 heteroatoms. The number of rotatable bonds is 4. The Morgan fingerprint density at radius 1 is 0.900 bits per heavy atom. The summed E-state index contributed by atoms with van der Waals surface area (Å²) in [4.78, 5) is 23.5. The maximum absolute atomic E-state index is 11.3. The van der Waals surface area contributed by atoms with Gasteiger partial charge < -0.3 is 10.2 Å². The fourth-order valence-electron chi connectivity index (χ4n) is 1.75. The molecule has 0 spiro atoms. The van der Waals surface area contributed by atoms with Crippen LogP contribution in [0.4, 0.5) is 0 Å². The van der Waals surface area contributed by atoms with E-state index < -0.39 is 11.9 Å². The molecular weight excluding hydrogens is 276 g/mol. The third-order valence-electron chi connectivity index (χ3n) is 2.70. The van der Waals surface area contributed by atoms with Gasteiger partial charge in [-0.15, -0.1) is 0 Å². The van der Waals surface area contributed by atoms with Gasteiger partial charge in [0.2, 0.25) is 0 Å². The highest BCUT2D eigenvalue weighted by Crippen LogP contribution is 2.33. The molecule has 0 fully saturated rings. The summed E-state index contributed by atoms with van der Waals surface area (Å²) in [6.07, 6.45) is 0. The van der Waals surface area contributed by atoms with Crippen LogP contribution in [0.15, 0.2) is 52.3 Å². The van der Waals surface area contributed by atoms with Crippen molar-refractivity contribution >= 4 is 23.7 Å². The minimum atomic E-state index is -1.03. The number of benzene rings is 2. The van der Waals surface area contributed by atoms with Crippen LogP contribution in [0.3, 0.4) is 0 Å². The van der Waals surface area contributed by atoms with Crippen molar-refractivity contribution in [2.75, 3.05) is 0 Å². The van der Waals surface area contributed by atoms with Crippen LogP contribution < -0.4 is 0 Å². The molecule has 0 heterocycles. The molecule has 0 saturated carbocycles. The molecule has 0 aliphatic heterocycles. The highest BCUT2D eigenvalue weighted by Gasteiger charge is 2.15. The summed E-state index contributed by atoms with van der Waals surface area (Å²) >= 11 is 1.14. The normalized spacial score (nSPS) is 10.2. The molecule has 4 nitrogen and oxygen atoms in total. The van der Waals surface area contributed by atoms with Crippen LogP contribution in [0.25, 0.3) is 0 Å². The lowest BCUT2D eigenvalue weighted by atomic mass is 10.1. The van der Waals surface area contributed by atoms with Gasteiger partial charge in [0.15, 0.2) is 0 Å². The maximum Gasteiger partial charge on any atom is 0.336 e. The van der Waals surface area contributed by atoms with Crippen LogP contribution in [-0.4, -0.2) is 22.2 Å². The van der Waals surface area contributed by atoms with E-state index in [9.17, 15) is 14.7 Å². The number of hydrogen-bond acceptors (Lipinski definition) is 3.